The largest absolute Gasteiger partial charge is 0.417 e. The molecule has 0 aliphatic heterocycles. The molecule has 6 fully saturated rings. The van der Waals surface area contributed by atoms with Crippen molar-refractivity contribution in [1.29, 1.82) is 0 Å². The van der Waals surface area contributed by atoms with Crippen LogP contribution in [0.15, 0.2) is 95.6 Å². The molecule has 8 rings (SSSR count). The molecular weight excluding hydrogens is 1600 g/mol. The summed E-state index contributed by atoms with van der Waals surface area (Å²) in [6.45, 7) is 97.0. The minimum atomic E-state index is -2.89. The first kappa shape index (κ1) is 108. The SMILES string of the molecule is CC(C)(C)[Si](C)(C)OCCC1[C@H](O[Si](C)(C)C(C)(C)C)CC(=CCP(=O)(c2ccccc2)c2ccccc2)C[C@H]1O[Si](C)(C)C(C)(C)C.C[C@@H](CCCC(C)(C)C)C1CCC2/C(=C/C=C3C[C@@H](O[Si](C)(C)C(C)(C)C)C(CCO[Si](C)(C)C(C)(C)C)[C@H](O[Si](C)(C)C(C)(C)C)C3)CCCC21C.C[C@@H](CCCC(C)(C)C)C1CCC2C(=O)CCCC21C. The number of fused-ring (bicyclic) bond motifs is 2. The molecule has 2 aromatic carbocycles. The van der Waals surface area contributed by atoms with Crippen LogP contribution in [0.2, 0.25) is 109 Å². The third kappa shape index (κ3) is 29.1. The second-order valence-corrected chi connectivity index (χ2v) is 83.7. The first-order valence-electron chi connectivity index (χ1n) is 49.1. The van der Waals surface area contributed by atoms with E-state index < -0.39 is 57.0 Å². The van der Waals surface area contributed by atoms with E-state index in [0.29, 0.717) is 45.4 Å². The third-order valence-corrected chi connectivity index (χ3v) is 64.3. The average Bonchev–Trinajstić information content (AvgIpc) is 1.65. The molecule has 0 bridgehead atoms. The molecule has 0 N–H and O–H groups in total. The van der Waals surface area contributed by atoms with Crippen LogP contribution in [0.25, 0.3) is 0 Å². The Bertz CT molecular complexity index is 3580. The molecule has 6 unspecified atom stereocenters. The zero-order valence-electron chi connectivity index (χ0n) is 86.8. The van der Waals surface area contributed by atoms with Crippen LogP contribution >= 0.6 is 7.14 Å². The molecule has 6 aliphatic rings. The van der Waals surface area contributed by atoms with Gasteiger partial charge in [-0.05, 0) is 269 Å². The molecule has 121 heavy (non-hydrogen) atoms. The summed E-state index contributed by atoms with van der Waals surface area (Å²) in [5.74, 6) is 5.53. The molecule has 12 atom stereocenters. The number of hydrogen-bond acceptors (Lipinski definition) is 8. The quantitative estimate of drug-likeness (QED) is 0.0452. The number of benzene rings is 2. The van der Waals surface area contributed by atoms with E-state index in [1.807, 2.05) is 60.7 Å². The van der Waals surface area contributed by atoms with Crippen molar-refractivity contribution in [3.05, 3.63) is 95.6 Å². The van der Waals surface area contributed by atoms with Crippen molar-refractivity contribution < 1.29 is 35.9 Å². The minimum absolute atomic E-state index is 0.0245. The number of rotatable bonds is 29. The summed E-state index contributed by atoms with van der Waals surface area (Å²) < 4.78 is 58.5. The van der Waals surface area contributed by atoms with Gasteiger partial charge in [-0.1, -0.05) is 315 Å². The molecule has 0 spiro atoms. The number of hydrogen-bond donors (Lipinski definition) is 0. The second kappa shape index (κ2) is 41.6. The molecule has 696 valence electrons. The van der Waals surface area contributed by atoms with Gasteiger partial charge in [-0.2, -0.15) is 0 Å². The highest BCUT2D eigenvalue weighted by molar-refractivity contribution is 7.78. The summed E-state index contributed by atoms with van der Waals surface area (Å²) in [4.78, 5) is 12.2. The molecule has 0 aromatic heterocycles. The minimum Gasteiger partial charge on any atom is -0.417 e. The first-order valence-corrected chi connectivity index (χ1v) is 68.5. The molecule has 2 aromatic rings. The van der Waals surface area contributed by atoms with Crippen molar-refractivity contribution in [2.75, 3.05) is 19.4 Å². The van der Waals surface area contributed by atoms with Gasteiger partial charge in [0.25, 0.3) is 0 Å². The maximum atomic E-state index is 15.0. The van der Waals surface area contributed by atoms with E-state index in [0.717, 1.165) is 105 Å². The highest BCUT2D eigenvalue weighted by atomic mass is 31.2. The zero-order chi connectivity index (χ0) is 92.0. The Balaban J connectivity index is 0.000000306. The fourth-order valence-electron chi connectivity index (χ4n) is 20.0. The van der Waals surface area contributed by atoms with Crippen molar-refractivity contribution >= 4 is 73.4 Å². The molecular formula is C106H195O8PSi6. The van der Waals surface area contributed by atoms with Crippen molar-refractivity contribution in [3.63, 3.8) is 0 Å². The van der Waals surface area contributed by atoms with E-state index in [1.54, 1.807) is 11.1 Å². The predicted molar refractivity (Wildman–Crippen MR) is 544 cm³/mol. The molecule has 6 saturated carbocycles. The van der Waals surface area contributed by atoms with E-state index in [9.17, 15) is 4.79 Å². The topological polar surface area (TPSA) is 89.5 Å². The number of carbonyl (C=O) groups excluding carboxylic acids is 1. The number of allylic oxidation sites excluding steroid dienone is 4. The highest BCUT2D eigenvalue weighted by Gasteiger charge is 2.55. The van der Waals surface area contributed by atoms with Crippen molar-refractivity contribution in [1.82, 2.24) is 0 Å². The summed E-state index contributed by atoms with van der Waals surface area (Å²) in [5, 5.41) is 2.67. The lowest BCUT2D eigenvalue weighted by atomic mass is 9.60. The van der Waals surface area contributed by atoms with Gasteiger partial charge in [0.15, 0.2) is 49.9 Å². The Kier molecular flexibility index (Phi) is 37.3. The summed E-state index contributed by atoms with van der Waals surface area (Å²) in [7, 11) is -15.0. The van der Waals surface area contributed by atoms with Crippen molar-refractivity contribution in [2.45, 2.75) is 468 Å². The molecule has 0 saturated heterocycles. The maximum Gasteiger partial charge on any atom is 0.192 e. The van der Waals surface area contributed by atoms with Crippen molar-refractivity contribution in [3.8, 4) is 0 Å². The molecule has 0 heterocycles. The van der Waals surface area contributed by atoms with Crippen LogP contribution in [0, 0.1) is 69.0 Å². The van der Waals surface area contributed by atoms with Crippen LogP contribution in [-0.4, -0.2) is 99.5 Å². The van der Waals surface area contributed by atoms with E-state index >= 15 is 4.57 Å². The Labute approximate surface area is 756 Å². The van der Waals surface area contributed by atoms with Crippen molar-refractivity contribution in [2.24, 2.45) is 69.0 Å². The fourth-order valence-corrected chi connectivity index (χ4v) is 30.2. The summed E-state index contributed by atoms with van der Waals surface area (Å²) in [5.41, 5.74) is 6.29. The van der Waals surface area contributed by atoms with Crippen LogP contribution < -0.4 is 10.6 Å². The van der Waals surface area contributed by atoms with E-state index in [4.69, 9.17) is 26.6 Å². The molecule has 0 amide bonds. The molecule has 0 radical (unpaired) electrons. The van der Waals surface area contributed by atoms with Crippen LogP contribution in [0.1, 0.15) is 335 Å². The smallest absolute Gasteiger partial charge is 0.192 e. The van der Waals surface area contributed by atoms with E-state index in [-0.39, 0.29) is 60.6 Å². The summed E-state index contributed by atoms with van der Waals surface area (Å²) in [6, 6.07) is 20.1. The Hall–Kier alpha value is -1.38. The standard InChI is InChI=1S/C47H92O3Si3.C40H69O4PSi3.C19H34O/c1-35(23-21-30-43(2,3)4)39-27-28-40-37(24-22-31-47(39,40)14)26-25-36-33-41(49-52(17,18)45(8,9)10)38(29-32-48-51(15,16)44(5,6)7)42(34-36)50-53(19,20)46(11,12)13;1-38(2,3)46(10,11)42-28-26-35-36(43-47(12,13)39(4,5)6)30-32(31-37(35)44-48(14,15)40(7,8)9)27-29-45(41,33-22-18-16-19-23-33)34-24-20-17-21-25-34;1-14(8-6-12-18(2,3)4)15-10-11-16-17(20)9-7-13-19(15,16)5/h25-26,35,38-42H,21-24,27-34H2,1-20H3;16-25,27,35-37H,26,28-31H2,1-15H3;14-16H,6-13H2,1-5H3/b36-25?,37-26+;;/t35-,38?,39?,40?,41+,42+,47?;35?,36-,37-;14-,15?,16?,19?/m010/s1. The van der Waals surface area contributed by atoms with Gasteiger partial charge >= 0.3 is 0 Å². The lowest BCUT2D eigenvalue weighted by Crippen LogP contribution is -2.53. The van der Waals surface area contributed by atoms with Crippen LogP contribution in [0.4, 0.5) is 0 Å². The lowest BCUT2D eigenvalue weighted by Gasteiger charge is -2.49. The third-order valence-electron chi connectivity index (χ3n) is 34.3. The van der Waals surface area contributed by atoms with Gasteiger partial charge in [0.05, 0.1) is 24.4 Å². The van der Waals surface area contributed by atoms with Gasteiger partial charge in [-0.3, -0.25) is 4.79 Å². The molecule has 6 aliphatic carbocycles. The Morgan fingerprint density at radius 3 is 1.07 bits per heavy atom. The average molecular weight is 1800 g/mol. The summed E-state index contributed by atoms with van der Waals surface area (Å²) >= 11 is 0. The maximum absolute atomic E-state index is 15.0. The zero-order valence-corrected chi connectivity index (χ0v) is 93.7. The van der Waals surface area contributed by atoms with Gasteiger partial charge in [-0.25, -0.2) is 0 Å². The number of ketones is 1. The Morgan fingerprint density at radius 2 is 0.736 bits per heavy atom. The number of carbonyl (C=O) groups is 1. The monoisotopic (exact) mass is 1800 g/mol. The number of Topliss-reactive ketones (excluding diaryl/α,β-unsaturated/α-hetero) is 1. The van der Waals surface area contributed by atoms with Crippen LogP contribution in [0.5, 0.6) is 0 Å². The molecule has 15 heteroatoms. The van der Waals surface area contributed by atoms with Crippen LogP contribution in [-0.2, 0) is 35.9 Å². The van der Waals surface area contributed by atoms with Gasteiger partial charge in [0.1, 0.15) is 12.9 Å². The highest BCUT2D eigenvalue weighted by Crippen LogP contribution is 2.62. The summed E-state index contributed by atoms with van der Waals surface area (Å²) in [6.07, 6.45) is 34.7. The molecule has 8 nitrogen and oxygen atoms in total. The van der Waals surface area contributed by atoms with Gasteiger partial charge in [0.2, 0.25) is 0 Å². The van der Waals surface area contributed by atoms with E-state index in [1.165, 1.54) is 95.5 Å². The lowest BCUT2D eigenvalue weighted by molar-refractivity contribution is -0.130. The normalized spacial score (nSPS) is 27.1. The van der Waals surface area contributed by atoms with Gasteiger partial charge < -0.3 is 31.1 Å². The van der Waals surface area contributed by atoms with E-state index in [2.05, 4.69) is 291 Å². The fraction of sp³-hybridized carbons (Fsp3) is 0.821. The van der Waals surface area contributed by atoms with Crippen LogP contribution in [0.3, 0.4) is 0 Å². The van der Waals surface area contributed by atoms with Gasteiger partial charge in [0, 0.05) is 54.2 Å². The second-order valence-electron chi connectivity index (χ2n) is 52.1. The predicted octanol–water partition coefficient (Wildman–Crippen LogP) is 32.7. The first-order chi connectivity index (χ1) is 54.9. The van der Waals surface area contributed by atoms with Gasteiger partial charge in [-0.15, -0.1) is 0 Å². The Morgan fingerprint density at radius 1 is 0.421 bits per heavy atom.